The number of rotatable bonds is 5. The van der Waals surface area contributed by atoms with Crippen LogP contribution in [0, 0.1) is 0 Å². The van der Waals surface area contributed by atoms with Crippen LogP contribution in [0.2, 0.25) is 0 Å². The molecule has 7 nitrogen and oxygen atoms in total. The molecule has 0 aliphatic carbocycles. The lowest BCUT2D eigenvalue weighted by atomic mass is 10.1. The third-order valence-electron chi connectivity index (χ3n) is 2.13. The lowest BCUT2D eigenvalue weighted by molar-refractivity contribution is -0.137. The highest BCUT2D eigenvalue weighted by atomic mass is 31.2. The van der Waals surface area contributed by atoms with Gasteiger partial charge in [-0.3, -0.25) is 9.42 Å². The molecule has 0 spiro atoms. The number of hydrogen-bond acceptors (Lipinski definition) is 6. The van der Waals surface area contributed by atoms with E-state index in [0.717, 1.165) is 7.11 Å². The highest BCUT2D eigenvalue weighted by molar-refractivity contribution is 7.48. The molecule has 0 bridgehead atoms. The molecule has 18 heavy (non-hydrogen) atoms. The first kappa shape index (κ1) is 14.7. The van der Waals surface area contributed by atoms with Crippen LogP contribution >= 0.6 is 7.82 Å². The number of carbonyl (C=O) groups is 1. The maximum Gasteiger partial charge on any atom is 0.529 e. The van der Waals surface area contributed by atoms with Crippen LogP contribution in [0.15, 0.2) is 24.3 Å². The minimum atomic E-state index is -4.37. The summed E-state index contributed by atoms with van der Waals surface area (Å²) in [5.41, 5.74) is 6.21. The highest BCUT2D eigenvalue weighted by Gasteiger charge is 2.27. The van der Waals surface area contributed by atoms with Gasteiger partial charge in [0.05, 0.1) is 0 Å². The Kier molecular flexibility index (Phi) is 4.86. The quantitative estimate of drug-likeness (QED) is 0.671. The molecule has 0 radical (unpaired) electrons. The van der Waals surface area contributed by atoms with Gasteiger partial charge in [0.25, 0.3) is 0 Å². The number of phenolic OH excluding ortho intramolecular Hbond substituents is 1. The molecule has 0 heterocycles. The number of phosphoric ester groups is 1. The lowest BCUT2D eigenvalue weighted by Crippen LogP contribution is -2.33. The summed E-state index contributed by atoms with van der Waals surface area (Å²) in [6.07, 6.45) is 0.114. The van der Waals surface area contributed by atoms with Crippen LogP contribution in [-0.2, 0) is 24.8 Å². The summed E-state index contributed by atoms with van der Waals surface area (Å²) in [7, 11) is -3.42. The standard InChI is InChI=1S/C10H14NO6P/c1-16-18(14,15)17-10(13)9(11)6-7-2-4-8(12)5-3-7/h2-5,9,12H,6,11H2,1H3,(H,14,15)/t9-/m0/s1. The van der Waals surface area contributed by atoms with E-state index in [9.17, 15) is 9.36 Å². The van der Waals surface area contributed by atoms with E-state index >= 15 is 0 Å². The molecule has 0 aliphatic rings. The van der Waals surface area contributed by atoms with Gasteiger partial charge in [0.1, 0.15) is 11.8 Å². The van der Waals surface area contributed by atoms with E-state index < -0.39 is 19.8 Å². The van der Waals surface area contributed by atoms with Gasteiger partial charge in [-0.1, -0.05) is 12.1 Å². The molecule has 0 saturated carbocycles. The van der Waals surface area contributed by atoms with Crippen molar-refractivity contribution in [2.24, 2.45) is 5.73 Å². The Hall–Kier alpha value is -1.40. The summed E-state index contributed by atoms with van der Waals surface area (Å²) >= 11 is 0. The maximum absolute atomic E-state index is 11.4. The summed E-state index contributed by atoms with van der Waals surface area (Å²) in [4.78, 5) is 20.3. The van der Waals surface area contributed by atoms with Crippen molar-refractivity contribution in [1.29, 1.82) is 0 Å². The largest absolute Gasteiger partial charge is 0.529 e. The molecule has 0 saturated heterocycles. The summed E-state index contributed by atoms with van der Waals surface area (Å²) in [6.45, 7) is 0. The lowest BCUT2D eigenvalue weighted by Gasteiger charge is -2.13. The zero-order valence-electron chi connectivity index (χ0n) is 9.65. The van der Waals surface area contributed by atoms with Crippen LogP contribution in [0.3, 0.4) is 0 Å². The average Bonchev–Trinajstić information content (AvgIpc) is 2.31. The second-order valence-electron chi connectivity index (χ2n) is 3.54. The fourth-order valence-corrected chi connectivity index (χ4v) is 1.63. The Morgan fingerprint density at radius 2 is 2.00 bits per heavy atom. The van der Waals surface area contributed by atoms with Gasteiger partial charge in [-0.2, -0.15) is 0 Å². The number of carbonyl (C=O) groups excluding carboxylic acids is 1. The van der Waals surface area contributed by atoms with Crippen molar-refractivity contribution >= 4 is 13.8 Å². The van der Waals surface area contributed by atoms with Crippen molar-refractivity contribution in [1.82, 2.24) is 0 Å². The fraction of sp³-hybridized carbons (Fsp3) is 0.300. The summed E-state index contributed by atoms with van der Waals surface area (Å²) < 4.78 is 19.3. The van der Waals surface area contributed by atoms with Gasteiger partial charge in [0, 0.05) is 7.11 Å². The highest BCUT2D eigenvalue weighted by Crippen LogP contribution is 2.42. The fourth-order valence-electron chi connectivity index (χ4n) is 1.19. The topological polar surface area (TPSA) is 119 Å². The molecule has 100 valence electrons. The molecule has 0 aliphatic heterocycles. The van der Waals surface area contributed by atoms with Crippen LogP contribution in [-0.4, -0.2) is 29.1 Å². The van der Waals surface area contributed by atoms with Crippen LogP contribution in [0.1, 0.15) is 5.56 Å². The molecule has 0 amide bonds. The third kappa shape index (κ3) is 4.46. The van der Waals surface area contributed by atoms with Crippen molar-refractivity contribution in [3.8, 4) is 5.75 Å². The van der Waals surface area contributed by atoms with Gasteiger partial charge in [0.15, 0.2) is 0 Å². The third-order valence-corrected chi connectivity index (χ3v) is 3.00. The van der Waals surface area contributed by atoms with Gasteiger partial charge in [-0.25, -0.2) is 9.36 Å². The Balaban J connectivity index is 2.60. The molecular formula is C10H14NO6P. The van der Waals surface area contributed by atoms with Crippen molar-refractivity contribution < 1.29 is 28.4 Å². The predicted octanol–water partition coefficient (Wildman–Crippen LogP) is 0.552. The van der Waals surface area contributed by atoms with Gasteiger partial charge >= 0.3 is 13.8 Å². The predicted molar refractivity (Wildman–Crippen MR) is 62.7 cm³/mol. The molecule has 4 N–H and O–H groups in total. The Morgan fingerprint density at radius 1 is 1.44 bits per heavy atom. The van der Waals surface area contributed by atoms with Crippen LogP contribution in [0.4, 0.5) is 0 Å². The number of aromatic hydroxyl groups is 1. The first-order valence-electron chi connectivity index (χ1n) is 4.99. The zero-order chi connectivity index (χ0) is 13.8. The smallest absolute Gasteiger partial charge is 0.508 e. The Bertz CT molecular complexity index is 460. The van der Waals surface area contributed by atoms with E-state index in [-0.39, 0.29) is 12.2 Å². The zero-order valence-corrected chi connectivity index (χ0v) is 10.5. The minimum absolute atomic E-state index is 0.0918. The number of benzene rings is 1. The van der Waals surface area contributed by atoms with Gasteiger partial charge in [-0.05, 0) is 24.1 Å². The number of phenols is 1. The molecule has 1 rings (SSSR count). The Morgan fingerprint density at radius 3 is 2.50 bits per heavy atom. The van der Waals surface area contributed by atoms with E-state index in [2.05, 4.69) is 9.05 Å². The molecule has 0 fully saturated rings. The van der Waals surface area contributed by atoms with E-state index in [0.29, 0.717) is 5.56 Å². The maximum atomic E-state index is 11.4. The number of nitrogens with two attached hydrogens (primary N) is 1. The van der Waals surface area contributed by atoms with E-state index in [1.807, 2.05) is 0 Å². The number of hydrogen-bond donors (Lipinski definition) is 3. The first-order chi connectivity index (χ1) is 8.34. The van der Waals surface area contributed by atoms with Crippen LogP contribution in [0.5, 0.6) is 5.75 Å². The summed E-state index contributed by atoms with van der Waals surface area (Å²) in [5.74, 6) is -0.940. The molecule has 1 aromatic carbocycles. The first-order valence-corrected chi connectivity index (χ1v) is 6.49. The average molecular weight is 275 g/mol. The molecule has 2 atom stereocenters. The number of phosphoric acid groups is 1. The van der Waals surface area contributed by atoms with Crippen LogP contribution in [0.25, 0.3) is 0 Å². The normalized spacial score (nSPS) is 15.7. The van der Waals surface area contributed by atoms with Crippen molar-refractivity contribution in [3.05, 3.63) is 29.8 Å². The Labute approximate surface area is 104 Å². The van der Waals surface area contributed by atoms with Gasteiger partial charge in [0.2, 0.25) is 0 Å². The SMILES string of the molecule is COP(=O)(O)OC(=O)[C@@H](N)Cc1ccc(O)cc1. The summed E-state index contributed by atoms with van der Waals surface area (Å²) in [6, 6.07) is 4.96. The van der Waals surface area contributed by atoms with Crippen molar-refractivity contribution in [3.63, 3.8) is 0 Å². The van der Waals surface area contributed by atoms with Crippen molar-refractivity contribution in [2.75, 3.05) is 7.11 Å². The second-order valence-corrected chi connectivity index (χ2v) is 5.02. The monoisotopic (exact) mass is 275 g/mol. The van der Waals surface area contributed by atoms with E-state index in [1.165, 1.54) is 12.1 Å². The molecule has 1 aromatic rings. The second kappa shape index (κ2) is 5.97. The summed E-state index contributed by atoms with van der Waals surface area (Å²) in [5, 5.41) is 9.08. The molecule has 8 heteroatoms. The van der Waals surface area contributed by atoms with Crippen LogP contribution < -0.4 is 5.73 Å². The minimum Gasteiger partial charge on any atom is -0.508 e. The van der Waals surface area contributed by atoms with Crippen molar-refractivity contribution in [2.45, 2.75) is 12.5 Å². The molecular weight excluding hydrogens is 261 g/mol. The van der Waals surface area contributed by atoms with Gasteiger partial charge in [-0.15, -0.1) is 0 Å². The van der Waals surface area contributed by atoms with E-state index in [4.69, 9.17) is 15.7 Å². The molecule has 1 unspecified atom stereocenters. The van der Waals surface area contributed by atoms with Gasteiger partial charge < -0.3 is 15.4 Å². The molecule has 0 aromatic heterocycles. The van der Waals surface area contributed by atoms with E-state index in [1.54, 1.807) is 12.1 Å².